The lowest BCUT2D eigenvalue weighted by Crippen LogP contribution is -2.51. The number of likely N-dealkylation sites (tertiary alicyclic amines) is 1. The van der Waals surface area contributed by atoms with E-state index in [-0.39, 0.29) is 37.3 Å². The molecule has 12 heteroatoms. The smallest absolute Gasteiger partial charge is 0.408 e. The van der Waals surface area contributed by atoms with Gasteiger partial charge in [0.25, 0.3) is 6.02 Å². The molecule has 1 saturated heterocycles. The van der Waals surface area contributed by atoms with Crippen molar-refractivity contribution in [2.45, 2.75) is 38.1 Å². The lowest BCUT2D eigenvalue weighted by molar-refractivity contribution is -0.182. The van der Waals surface area contributed by atoms with Crippen LogP contribution < -0.4 is 15.8 Å². The van der Waals surface area contributed by atoms with E-state index in [9.17, 15) is 13.2 Å². The summed E-state index contributed by atoms with van der Waals surface area (Å²) >= 11 is 0. The summed E-state index contributed by atoms with van der Waals surface area (Å²) in [7, 11) is 0. The fourth-order valence-corrected chi connectivity index (χ4v) is 3.65. The van der Waals surface area contributed by atoms with Gasteiger partial charge in [0.05, 0.1) is 0 Å². The van der Waals surface area contributed by atoms with Gasteiger partial charge in [-0.15, -0.1) is 0 Å². The van der Waals surface area contributed by atoms with Crippen molar-refractivity contribution < 1.29 is 22.6 Å². The number of anilines is 3. The lowest BCUT2D eigenvalue weighted by Gasteiger charge is -2.37. The Morgan fingerprint density at radius 1 is 1.03 bits per heavy atom. The van der Waals surface area contributed by atoms with Crippen LogP contribution in [0.5, 0.6) is 11.5 Å². The third kappa shape index (κ3) is 6.49. The number of piperidine rings is 1. The lowest BCUT2D eigenvalue weighted by atomic mass is 10.0. The first kappa shape index (κ1) is 24.0. The fourth-order valence-electron chi connectivity index (χ4n) is 3.65. The summed E-state index contributed by atoms with van der Waals surface area (Å²) < 4.78 is 50.9. The minimum atomic E-state index is -4.44. The standard InChI is InChI=1S/C23H24F3N7O2/c24-23(25,26)18-8-4-5-13-33(18)21(28)34-14-19-30-20(27)32-22(31-19)29-15-9-11-17(12-10-15)35-16-6-2-1-3-7-16/h1-3,6-7,9-12,18,28H,4-5,8,13-14H2,(H3,27,29,30,31,32). The average molecular weight is 487 g/mol. The highest BCUT2D eigenvalue weighted by Gasteiger charge is 2.46. The van der Waals surface area contributed by atoms with Gasteiger partial charge in [0.1, 0.15) is 17.5 Å². The van der Waals surface area contributed by atoms with Crippen LogP contribution in [0, 0.1) is 5.41 Å². The number of aromatic nitrogens is 3. The van der Waals surface area contributed by atoms with Crippen LogP contribution in [0.15, 0.2) is 54.6 Å². The van der Waals surface area contributed by atoms with Crippen molar-refractivity contribution in [3.63, 3.8) is 0 Å². The van der Waals surface area contributed by atoms with Gasteiger partial charge in [0, 0.05) is 12.2 Å². The molecule has 0 saturated carbocycles. The number of nitrogen functional groups attached to an aromatic ring is 1. The first-order valence-electron chi connectivity index (χ1n) is 10.9. The molecular weight excluding hydrogens is 463 g/mol. The molecule has 184 valence electrons. The maximum absolute atomic E-state index is 13.3. The van der Waals surface area contributed by atoms with Gasteiger partial charge in [0.2, 0.25) is 11.9 Å². The van der Waals surface area contributed by atoms with Crippen LogP contribution in [-0.4, -0.2) is 44.6 Å². The molecule has 35 heavy (non-hydrogen) atoms. The number of nitrogens with zero attached hydrogens (tertiary/aromatic N) is 4. The minimum absolute atomic E-state index is 0.0722. The molecule has 3 aromatic rings. The van der Waals surface area contributed by atoms with Crippen LogP contribution in [0.25, 0.3) is 0 Å². The first-order chi connectivity index (χ1) is 16.8. The van der Waals surface area contributed by atoms with E-state index in [0.717, 1.165) is 4.90 Å². The van der Waals surface area contributed by atoms with Crippen molar-refractivity contribution in [2.75, 3.05) is 17.6 Å². The van der Waals surface area contributed by atoms with E-state index in [1.54, 1.807) is 24.3 Å². The number of hydrogen-bond acceptors (Lipinski definition) is 8. The van der Waals surface area contributed by atoms with Crippen molar-refractivity contribution in [1.82, 2.24) is 19.9 Å². The van der Waals surface area contributed by atoms with Gasteiger partial charge in [-0.3, -0.25) is 5.41 Å². The van der Waals surface area contributed by atoms with E-state index in [1.807, 2.05) is 30.3 Å². The van der Waals surface area contributed by atoms with Crippen LogP contribution in [0.1, 0.15) is 25.1 Å². The van der Waals surface area contributed by atoms with Gasteiger partial charge in [-0.1, -0.05) is 18.2 Å². The van der Waals surface area contributed by atoms with Crippen LogP contribution in [-0.2, 0) is 11.3 Å². The van der Waals surface area contributed by atoms with E-state index in [1.165, 1.54) is 0 Å². The second-order valence-corrected chi connectivity index (χ2v) is 7.84. The van der Waals surface area contributed by atoms with E-state index >= 15 is 0 Å². The van der Waals surface area contributed by atoms with Crippen LogP contribution in [0.3, 0.4) is 0 Å². The maximum atomic E-state index is 13.3. The number of amidine groups is 1. The number of nitrogens with one attached hydrogen (secondary N) is 2. The molecule has 2 aromatic carbocycles. The Morgan fingerprint density at radius 3 is 2.46 bits per heavy atom. The number of alkyl halides is 3. The molecule has 4 rings (SSSR count). The molecule has 0 radical (unpaired) electrons. The number of nitrogens with two attached hydrogens (primary N) is 1. The Kier molecular flexibility index (Phi) is 7.18. The molecular formula is C23H24F3N7O2. The van der Waals surface area contributed by atoms with E-state index in [0.29, 0.717) is 30.0 Å². The molecule has 1 aliphatic heterocycles. The van der Waals surface area contributed by atoms with Crippen LogP contribution in [0.2, 0.25) is 0 Å². The Balaban J connectivity index is 1.37. The number of benzene rings is 2. The van der Waals surface area contributed by atoms with Gasteiger partial charge in [0.15, 0.2) is 12.4 Å². The molecule has 0 bridgehead atoms. The molecule has 1 aromatic heterocycles. The molecule has 0 aliphatic carbocycles. The zero-order chi connectivity index (χ0) is 24.8. The third-order valence-corrected chi connectivity index (χ3v) is 5.27. The number of rotatable bonds is 6. The number of ether oxygens (including phenoxy) is 2. The summed E-state index contributed by atoms with van der Waals surface area (Å²) in [6.07, 6.45) is -3.50. The summed E-state index contributed by atoms with van der Waals surface area (Å²) in [5.74, 6) is 1.46. The highest BCUT2D eigenvalue weighted by atomic mass is 19.4. The summed E-state index contributed by atoms with van der Waals surface area (Å²) in [6.45, 7) is -0.232. The van der Waals surface area contributed by atoms with Crippen molar-refractivity contribution in [1.29, 1.82) is 5.41 Å². The molecule has 1 unspecified atom stereocenters. The Morgan fingerprint density at radius 2 is 1.74 bits per heavy atom. The summed E-state index contributed by atoms with van der Waals surface area (Å²) in [5.41, 5.74) is 6.41. The summed E-state index contributed by atoms with van der Waals surface area (Å²) in [4.78, 5) is 13.1. The van der Waals surface area contributed by atoms with Gasteiger partial charge >= 0.3 is 6.18 Å². The van der Waals surface area contributed by atoms with Crippen molar-refractivity contribution in [2.24, 2.45) is 0 Å². The van der Waals surface area contributed by atoms with Crippen LogP contribution in [0.4, 0.5) is 30.8 Å². The largest absolute Gasteiger partial charge is 0.457 e. The molecule has 4 N–H and O–H groups in total. The summed E-state index contributed by atoms with van der Waals surface area (Å²) in [6, 6.07) is 14.1. The second kappa shape index (κ2) is 10.5. The Bertz CT molecular complexity index is 1140. The van der Waals surface area contributed by atoms with E-state index in [2.05, 4.69) is 20.3 Å². The van der Waals surface area contributed by atoms with Crippen molar-refractivity contribution >= 4 is 23.6 Å². The Hall–Kier alpha value is -4.09. The zero-order valence-corrected chi connectivity index (χ0v) is 18.6. The van der Waals surface area contributed by atoms with Gasteiger partial charge in [-0.25, -0.2) is 0 Å². The predicted molar refractivity (Wildman–Crippen MR) is 123 cm³/mol. The Labute approximate surface area is 199 Å². The number of halogens is 3. The number of para-hydroxylation sites is 1. The molecule has 1 aliphatic rings. The predicted octanol–water partition coefficient (Wildman–Crippen LogP) is 4.86. The monoisotopic (exact) mass is 487 g/mol. The number of hydrogen-bond donors (Lipinski definition) is 3. The fraction of sp³-hybridized carbons (Fsp3) is 0.304. The highest BCUT2D eigenvalue weighted by molar-refractivity contribution is 5.71. The molecule has 0 spiro atoms. The van der Waals surface area contributed by atoms with Gasteiger partial charge < -0.3 is 25.4 Å². The van der Waals surface area contributed by atoms with Crippen molar-refractivity contribution in [3.8, 4) is 11.5 Å². The molecule has 0 amide bonds. The maximum Gasteiger partial charge on any atom is 0.408 e. The zero-order valence-electron chi connectivity index (χ0n) is 18.6. The molecule has 2 heterocycles. The van der Waals surface area contributed by atoms with Gasteiger partial charge in [-0.05, 0) is 55.7 Å². The summed E-state index contributed by atoms with van der Waals surface area (Å²) in [5, 5.41) is 11.0. The van der Waals surface area contributed by atoms with Gasteiger partial charge in [-0.2, -0.15) is 28.1 Å². The molecule has 9 nitrogen and oxygen atoms in total. The second-order valence-electron chi connectivity index (χ2n) is 7.84. The molecule has 1 fully saturated rings. The normalized spacial score (nSPS) is 16.0. The van der Waals surface area contributed by atoms with Crippen LogP contribution >= 0.6 is 0 Å². The quantitative estimate of drug-likeness (QED) is 0.333. The minimum Gasteiger partial charge on any atom is -0.457 e. The third-order valence-electron chi connectivity index (χ3n) is 5.27. The van der Waals surface area contributed by atoms with E-state index in [4.69, 9.17) is 20.6 Å². The van der Waals surface area contributed by atoms with E-state index < -0.39 is 18.2 Å². The SMILES string of the molecule is N=C(OCc1nc(N)nc(Nc2ccc(Oc3ccccc3)cc2)n1)N1CCCCC1C(F)(F)F. The highest BCUT2D eigenvalue weighted by Crippen LogP contribution is 2.32. The first-order valence-corrected chi connectivity index (χ1v) is 10.9. The topological polar surface area (TPSA) is 122 Å². The molecule has 1 atom stereocenters. The van der Waals surface area contributed by atoms with Crippen molar-refractivity contribution in [3.05, 3.63) is 60.4 Å². The average Bonchev–Trinajstić information content (AvgIpc) is 2.83.